The molecule has 1 unspecified atom stereocenters. The van der Waals surface area contributed by atoms with E-state index in [9.17, 15) is 0 Å². The van der Waals surface area contributed by atoms with E-state index in [0.717, 1.165) is 44.1 Å². The van der Waals surface area contributed by atoms with Crippen molar-refractivity contribution in [2.75, 3.05) is 27.4 Å². The molecule has 1 atom stereocenters. The molecule has 0 aromatic carbocycles. The van der Waals surface area contributed by atoms with Crippen molar-refractivity contribution in [1.29, 1.82) is 0 Å². The van der Waals surface area contributed by atoms with Gasteiger partial charge in [0.25, 0.3) is 0 Å². The van der Waals surface area contributed by atoms with Crippen LogP contribution in [0.15, 0.2) is 18.5 Å². The highest BCUT2D eigenvalue weighted by atomic mass is 16.5. The van der Waals surface area contributed by atoms with Crippen molar-refractivity contribution in [3.05, 3.63) is 24.0 Å². The van der Waals surface area contributed by atoms with Crippen LogP contribution in [0.3, 0.4) is 0 Å². The molecule has 0 saturated carbocycles. The van der Waals surface area contributed by atoms with Gasteiger partial charge in [-0.25, -0.2) is 0 Å². The second-order valence-corrected chi connectivity index (χ2v) is 4.75. The average molecular weight is 250 g/mol. The highest BCUT2D eigenvalue weighted by Gasteiger charge is 2.21. The fraction of sp³-hybridized carbons (Fsp3) is 0.643. The van der Waals surface area contributed by atoms with Gasteiger partial charge in [0.05, 0.1) is 13.3 Å². The van der Waals surface area contributed by atoms with Gasteiger partial charge in [-0.3, -0.25) is 4.98 Å². The summed E-state index contributed by atoms with van der Waals surface area (Å²) in [6.45, 7) is 1.79. The Morgan fingerprint density at radius 2 is 2.28 bits per heavy atom. The maximum atomic E-state index is 5.41. The molecule has 4 heteroatoms. The summed E-state index contributed by atoms with van der Waals surface area (Å²) in [6, 6.07) is 2.37. The lowest BCUT2D eigenvalue weighted by Gasteiger charge is -2.27. The van der Waals surface area contributed by atoms with Crippen LogP contribution < -0.4 is 10.1 Å². The Morgan fingerprint density at radius 1 is 1.50 bits per heavy atom. The van der Waals surface area contributed by atoms with Crippen molar-refractivity contribution in [1.82, 2.24) is 10.3 Å². The minimum Gasteiger partial charge on any atom is -0.495 e. The summed E-state index contributed by atoms with van der Waals surface area (Å²) in [6.07, 6.45) is 7.05. The zero-order valence-electron chi connectivity index (χ0n) is 11.2. The number of nitrogens with one attached hydrogen (secondary N) is 1. The van der Waals surface area contributed by atoms with Crippen molar-refractivity contribution < 1.29 is 9.47 Å². The summed E-state index contributed by atoms with van der Waals surface area (Å²) in [7, 11) is 3.70. The number of pyridine rings is 1. The normalized spacial score (nSPS) is 18.6. The first-order valence-corrected chi connectivity index (χ1v) is 6.58. The molecule has 0 spiro atoms. The minimum atomic E-state index is 0.325. The SMILES string of the molecule is CNC(CC1CCOCC1)c1ccncc1OC. The van der Waals surface area contributed by atoms with E-state index in [2.05, 4.69) is 10.3 Å². The Bertz CT molecular complexity index is 365. The molecule has 100 valence electrons. The molecule has 0 bridgehead atoms. The predicted molar refractivity (Wildman–Crippen MR) is 70.7 cm³/mol. The Kier molecular flexibility index (Phi) is 4.96. The summed E-state index contributed by atoms with van der Waals surface area (Å²) in [4.78, 5) is 4.11. The van der Waals surface area contributed by atoms with E-state index in [-0.39, 0.29) is 0 Å². The molecule has 1 fully saturated rings. The largest absolute Gasteiger partial charge is 0.495 e. The summed E-state index contributed by atoms with van der Waals surface area (Å²) in [5.74, 6) is 1.60. The molecule has 1 aliphatic rings. The number of aromatic nitrogens is 1. The van der Waals surface area contributed by atoms with E-state index in [1.165, 1.54) is 5.56 Å². The Hall–Kier alpha value is -1.13. The molecule has 2 rings (SSSR count). The quantitative estimate of drug-likeness (QED) is 0.869. The third-order valence-corrected chi connectivity index (χ3v) is 3.67. The second-order valence-electron chi connectivity index (χ2n) is 4.75. The molecule has 1 aromatic heterocycles. The van der Waals surface area contributed by atoms with Crippen LogP contribution in [-0.2, 0) is 4.74 Å². The van der Waals surface area contributed by atoms with Crippen molar-refractivity contribution in [2.24, 2.45) is 5.92 Å². The van der Waals surface area contributed by atoms with Gasteiger partial charge in [0.2, 0.25) is 0 Å². The van der Waals surface area contributed by atoms with Gasteiger partial charge in [-0.15, -0.1) is 0 Å². The van der Waals surface area contributed by atoms with Crippen molar-refractivity contribution in [2.45, 2.75) is 25.3 Å². The van der Waals surface area contributed by atoms with Gasteiger partial charge in [-0.1, -0.05) is 0 Å². The van der Waals surface area contributed by atoms with Gasteiger partial charge in [0.15, 0.2) is 0 Å². The number of ether oxygens (including phenoxy) is 2. The Balaban J connectivity index is 2.07. The van der Waals surface area contributed by atoms with Crippen LogP contribution in [0.25, 0.3) is 0 Å². The first-order chi connectivity index (χ1) is 8.85. The molecule has 1 saturated heterocycles. The lowest BCUT2D eigenvalue weighted by molar-refractivity contribution is 0.0607. The number of nitrogens with zero attached hydrogens (tertiary/aromatic N) is 1. The third-order valence-electron chi connectivity index (χ3n) is 3.67. The zero-order valence-corrected chi connectivity index (χ0v) is 11.2. The molecular weight excluding hydrogens is 228 g/mol. The fourth-order valence-corrected chi connectivity index (χ4v) is 2.56. The summed E-state index contributed by atoms with van der Waals surface area (Å²) < 4.78 is 10.8. The zero-order chi connectivity index (χ0) is 12.8. The van der Waals surface area contributed by atoms with Crippen molar-refractivity contribution in [3.63, 3.8) is 0 Å². The summed E-state index contributed by atoms with van der Waals surface area (Å²) >= 11 is 0. The van der Waals surface area contributed by atoms with E-state index < -0.39 is 0 Å². The summed E-state index contributed by atoms with van der Waals surface area (Å²) in [5, 5.41) is 3.39. The second kappa shape index (κ2) is 6.71. The van der Waals surface area contributed by atoms with Crippen LogP contribution in [0.5, 0.6) is 5.75 Å². The molecule has 1 aliphatic heterocycles. The third kappa shape index (κ3) is 3.21. The van der Waals surface area contributed by atoms with Crippen LogP contribution in [0.4, 0.5) is 0 Å². The van der Waals surface area contributed by atoms with Gasteiger partial charge >= 0.3 is 0 Å². The first kappa shape index (κ1) is 13.3. The van der Waals surface area contributed by atoms with E-state index in [1.807, 2.05) is 19.3 Å². The average Bonchev–Trinajstić information content (AvgIpc) is 2.46. The van der Waals surface area contributed by atoms with Crippen LogP contribution in [0.2, 0.25) is 0 Å². The highest BCUT2D eigenvalue weighted by Crippen LogP contribution is 2.31. The lowest BCUT2D eigenvalue weighted by atomic mass is 9.89. The van der Waals surface area contributed by atoms with Crippen molar-refractivity contribution in [3.8, 4) is 5.75 Å². The van der Waals surface area contributed by atoms with E-state index in [1.54, 1.807) is 13.3 Å². The molecule has 0 aliphatic carbocycles. The maximum absolute atomic E-state index is 5.41. The van der Waals surface area contributed by atoms with E-state index in [0.29, 0.717) is 6.04 Å². The highest BCUT2D eigenvalue weighted by molar-refractivity contribution is 5.32. The fourth-order valence-electron chi connectivity index (χ4n) is 2.56. The topological polar surface area (TPSA) is 43.4 Å². The van der Waals surface area contributed by atoms with Gasteiger partial charge in [-0.2, -0.15) is 0 Å². The van der Waals surface area contributed by atoms with Crippen LogP contribution >= 0.6 is 0 Å². The lowest BCUT2D eigenvalue weighted by Crippen LogP contribution is -2.24. The number of hydrogen-bond acceptors (Lipinski definition) is 4. The van der Waals surface area contributed by atoms with E-state index >= 15 is 0 Å². The van der Waals surface area contributed by atoms with Gasteiger partial charge in [-0.05, 0) is 38.3 Å². The standard InChI is InChI=1S/C14H22N2O2/c1-15-13(9-11-4-7-18-8-5-11)12-3-6-16-10-14(12)17-2/h3,6,10-11,13,15H,4-5,7-9H2,1-2H3. The number of hydrogen-bond donors (Lipinski definition) is 1. The molecule has 4 nitrogen and oxygen atoms in total. The van der Waals surface area contributed by atoms with Gasteiger partial charge < -0.3 is 14.8 Å². The van der Waals surface area contributed by atoms with Gasteiger partial charge in [0.1, 0.15) is 5.75 Å². The van der Waals surface area contributed by atoms with Gasteiger partial charge in [0, 0.05) is 31.0 Å². The minimum absolute atomic E-state index is 0.325. The van der Waals surface area contributed by atoms with E-state index in [4.69, 9.17) is 9.47 Å². The molecule has 0 radical (unpaired) electrons. The molecule has 18 heavy (non-hydrogen) atoms. The van der Waals surface area contributed by atoms with Crippen LogP contribution in [0, 0.1) is 5.92 Å². The smallest absolute Gasteiger partial charge is 0.141 e. The monoisotopic (exact) mass is 250 g/mol. The maximum Gasteiger partial charge on any atom is 0.141 e. The number of methoxy groups -OCH3 is 1. The molecule has 0 amide bonds. The van der Waals surface area contributed by atoms with Crippen LogP contribution in [-0.4, -0.2) is 32.4 Å². The van der Waals surface area contributed by atoms with Crippen molar-refractivity contribution >= 4 is 0 Å². The molecule has 1 aromatic rings. The summed E-state index contributed by atoms with van der Waals surface area (Å²) in [5.41, 5.74) is 1.20. The first-order valence-electron chi connectivity index (χ1n) is 6.58. The Morgan fingerprint density at radius 3 is 2.94 bits per heavy atom. The van der Waals surface area contributed by atoms with Crippen LogP contribution in [0.1, 0.15) is 30.9 Å². The molecular formula is C14H22N2O2. The molecule has 1 N–H and O–H groups in total. The molecule has 2 heterocycles. The predicted octanol–water partition coefficient (Wildman–Crippen LogP) is 2.17. The Labute approximate surface area is 109 Å². The number of rotatable bonds is 5.